The zero-order valence-electron chi connectivity index (χ0n) is 17.8. The summed E-state index contributed by atoms with van der Waals surface area (Å²) in [7, 11) is 1.59. The van der Waals surface area contributed by atoms with E-state index in [1.54, 1.807) is 7.05 Å². The Bertz CT molecular complexity index is 1210. The Morgan fingerprint density at radius 3 is 2.65 bits per heavy atom. The number of hydrogen-bond donors (Lipinski definition) is 0. The molecule has 31 heavy (non-hydrogen) atoms. The van der Waals surface area contributed by atoms with Gasteiger partial charge in [-0.25, -0.2) is 4.79 Å². The molecular formula is C24H25ClN4O2. The highest BCUT2D eigenvalue weighted by Crippen LogP contribution is 2.29. The van der Waals surface area contributed by atoms with Gasteiger partial charge in [-0.15, -0.1) is 0 Å². The first-order chi connectivity index (χ1) is 15.0. The molecule has 7 heteroatoms. The Kier molecular flexibility index (Phi) is 6.20. The molecule has 0 spiro atoms. The first-order valence-electron chi connectivity index (χ1n) is 10.4. The number of allylic oxidation sites excluding steroid dienone is 2. The number of ether oxygens (including phenoxy) is 1. The summed E-state index contributed by atoms with van der Waals surface area (Å²) in [6, 6.07) is 13.7. The van der Waals surface area contributed by atoms with Crippen LogP contribution >= 0.6 is 11.6 Å². The van der Waals surface area contributed by atoms with Crippen LogP contribution < -0.4 is 5.69 Å². The van der Waals surface area contributed by atoms with Crippen LogP contribution in [0.25, 0.3) is 11.3 Å². The summed E-state index contributed by atoms with van der Waals surface area (Å²) in [6.07, 6.45) is 7.13. The van der Waals surface area contributed by atoms with Gasteiger partial charge in [-0.1, -0.05) is 67.9 Å². The summed E-state index contributed by atoms with van der Waals surface area (Å²) in [5, 5.41) is 8.57. The average molecular weight is 437 g/mol. The lowest BCUT2D eigenvalue weighted by Gasteiger charge is -2.25. The zero-order chi connectivity index (χ0) is 22.0. The average Bonchev–Trinajstić information content (AvgIpc) is 3.10. The van der Waals surface area contributed by atoms with Crippen LogP contribution in [0.3, 0.4) is 0 Å². The number of hydrogen-bond acceptors (Lipinski definition) is 4. The van der Waals surface area contributed by atoms with Gasteiger partial charge in [0.1, 0.15) is 0 Å². The number of aromatic nitrogens is 4. The molecule has 1 aliphatic rings. The van der Waals surface area contributed by atoms with Crippen LogP contribution in [-0.2, 0) is 24.8 Å². The molecule has 0 radical (unpaired) electrons. The summed E-state index contributed by atoms with van der Waals surface area (Å²) < 4.78 is 8.86. The van der Waals surface area contributed by atoms with E-state index in [0.717, 1.165) is 33.7 Å². The van der Waals surface area contributed by atoms with Crippen molar-refractivity contribution in [2.75, 3.05) is 0 Å². The van der Waals surface area contributed by atoms with Crippen molar-refractivity contribution in [1.29, 1.82) is 0 Å². The van der Waals surface area contributed by atoms with E-state index >= 15 is 0 Å². The van der Waals surface area contributed by atoms with E-state index in [1.165, 1.54) is 9.36 Å². The molecule has 0 amide bonds. The van der Waals surface area contributed by atoms with Crippen molar-refractivity contribution in [1.82, 2.24) is 19.8 Å². The van der Waals surface area contributed by atoms with Crippen molar-refractivity contribution < 1.29 is 4.74 Å². The second-order valence-corrected chi connectivity index (χ2v) is 8.13. The molecule has 2 atom stereocenters. The molecule has 0 bridgehead atoms. The highest BCUT2D eigenvalue weighted by atomic mass is 35.5. The van der Waals surface area contributed by atoms with E-state index in [2.05, 4.69) is 54.6 Å². The van der Waals surface area contributed by atoms with Crippen LogP contribution in [0.5, 0.6) is 0 Å². The fourth-order valence-electron chi connectivity index (χ4n) is 3.84. The van der Waals surface area contributed by atoms with Gasteiger partial charge >= 0.3 is 5.69 Å². The maximum atomic E-state index is 12.4. The molecule has 1 aliphatic carbocycles. The second-order valence-electron chi connectivity index (χ2n) is 7.69. The monoisotopic (exact) mass is 436 g/mol. The van der Waals surface area contributed by atoms with E-state index in [-0.39, 0.29) is 17.7 Å². The molecule has 1 aromatic heterocycles. The number of tetrazole rings is 1. The zero-order valence-corrected chi connectivity index (χ0v) is 18.6. The number of halogens is 1. The lowest BCUT2D eigenvalue weighted by Crippen LogP contribution is -2.24. The smallest absolute Gasteiger partial charge is 0.368 e. The Morgan fingerprint density at radius 2 is 1.97 bits per heavy atom. The first-order valence-corrected chi connectivity index (χ1v) is 10.7. The quantitative estimate of drug-likeness (QED) is 0.576. The van der Waals surface area contributed by atoms with Crippen molar-refractivity contribution in [3.8, 4) is 5.69 Å². The van der Waals surface area contributed by atoms with E-state index in [0.29, 0.717) is 12.3 Å². The van der Waals surface area contributed by atoms with Gasteiger partial charge in [0.25, 0.3) is 0 Å². The minimum atomic E-state index is -0.283. The number of aryl methyl sites for hydroxylation is 2. The molecule has 0 aliphatic heterocycles. The summed E-state index contributed by atoms with van der Waals surface area (Å²) in [5.41, 5.74) is 4.73. The van der Waals surface area contributed by atoms with E-state index in [4.69, 9.17) is 16.3 Å². The van der Waals surface area contributed by atoms with E-state index in [1.807, 2.05) is 30.3 Å². The molecule has 4 rings (SSSR count). The highest BCUT2D eigenvalue weighted by Gasteiger charge is 2.21. The Labute approximate surface area is 186 Å². The normalized spacial score (nSPS) is 18.3. The third-order valence-corrected chi connectivity index (χ3v) is 5.82. The molecule has 0 saturated carbocycles. The Hall–Kier alpha value is -2.96. The summed E-state index contributed by atoms with van der Waals surface area (Å²) in [4.78, 5) is 12.4. The SMILES string of the molecule is CCc1cccc(-n2nnn(C)c2=O)c1COC1C=CC(c2cccc(Cl)c2)=CC1C. The molecule has 2 aromatic carbocycles. The van der Waals surface area contributed by atoms with Crippen LogP contribution in [0, 0.1) is 5.92 Å². The molecule has 3 aromatic rings. The van der Waals surface area contributed by atoms with Gasteiger partial charge in [0.15, 0.2) is 0 Å². The predicted molar refractivity (Wildman–Crippen MR) is 122 cm³/mol. The molecule has 6 nitrogen and oxygen atoms in total. The van der Waals surface area contributed by atoms with Gasteiger partial charge in [0.05, 0.1) is 18.4 Å². The number of rotatable bonds is 6. The predicted octanol–water partition coefficient (Wildman–Crippen LogP) is 4.36. The summed E-state index contributed by atoms with van der Waals surface area (Å²) >= 11 is 6.14. The van der Waals surface area contributed by atoms with Crippen LogP contribution in [-0.4, -0.2) is 25.9 Å². The topological polar surface area (TPSA) is 61.9 Å². The van der Waals surface area contributed by atoms with Crippen LogP contribution in [0.1, 0.15) is 30.5 Å². The van der Waals surface area contributed by atoms with Gasteiger partial charge < -0.3 is 4.74 Å². The van der Waals surface area contributed by atoms with Crippen molar-refractivity contribution in [3.05, 3.63) is 92.9 Å². The minimum Gasteiger partial charge on any atom is -0.369 e. The highest BCUT2D eigenvalue weighted by molar-refractivity contribution is 6.30. The fraction of sp³-hybridized carbons (Fsp3) is 0.292. The lowest BCUT2D eigenvalue weighted by molar-refractivity contribution is 0.0490. The Morgan fingerprint density at radius 1 is 1.16 bits per heavy atom. The van der Waals surface area contributed by atoms with E-state index < -0.39 is 0 Å². The van der Waals surface area contributed by atoms with Crippen molar-refractivity contribution in [2.24, 2.45) is 13.0 Å². The third-order valence-electron chi connectivity index (χ3n) is 5.58. The van der Waals surface area contributed by atoms with Gasteiger partial charge in [-0.05, 0) is 51.7 Å². The maximum absolute atomic E-state index is 12.4. The molecule has 2 unspecified atom stereocenters. The van der Waals surface area contributed by atoms with Gasteiger partial charge in [-0.2, -0.15) is 9.36 Å². The summed E-state index contributed by atoms with van der Waals surface area (Å²) in [5.74, 6) is 0.190. The molecule has 0 fully saturated rings. The van der Waals surface area contributed by atoms with Crippen LogP contribution in [0.2, 0.25) is 5.02 Å². The third kappa shape index (κ3) is 4.40. The number of benzene rings is 2. The molecule has 0 saturated heterocycles. The van der Waals surface area contributed by atoms with Crippen LogP contribution in [0.4, 0.5) is 0 Å². The Balaban J connectivity index is 1.56. The summed E-state index contributed by atoms with van der Waals surface area (Å²) in [6.45, 7) is 4.60. The largest absolute Gasteiger partial charge is 0.369 e. The number of nitrogens with zero attached hydrogens (tertiary/aromatic N) is 4. The maximum Gasteiger partial charge on any atom is 0.368 e. The standard InChI is InChI=1S/C24H25ClN4O2/c1-4-17-7-6-10-22(29-24(30)28(3)26-27-29)21(17)15-31-23-12-11-19(13-16(23)2)18-8-5-9-20(25)14-18/h5-14,16,23H,4,15H2,1-3H3. The van der Waals surface area contributed by atoms with E-state index in [9.17, 15) is 4.79 Å². The first kappa shape index (κ1) is 21.3. The molecule has 160 valence electrons. The van der Waals surface area contributed by atoms with Crippen LogP contribution in [0.15, 0.2) is 65.5 Å². The van der Waals surface area contributed by atoms with Crippen molar-refractivity contribution in [3.63, 3.8) is 0 Å². The minimum absolute atomic E-state index is 0.0701. The van der Waals surface area contributed by atoms with Crippen molar-refractivity contribution in [2.45, 2.75) is 33.0 Å². The van der Waals surface area contributed by atoms with Gasteiger partial charge in [0, 0.05) is 23.6 Å². The molecular weight excluding hydrogens is 412 g/mol. The van der Waals surface area contributed by atoms with Gasteiger partial charge in [-0.3, -0.25) is 0 Å². The fourth-order valence-corrected chi connectivity index (χ4v) is 4.03. The lowest BCUT2D eigenvalue weighted by atomic mass is 9.91. The molecule has 1 heterocycles. The molecule has 0 N–H and O–H groups in total. The van der Waals surface area contributed by atoms with Crippen molar-refractivity contribution >= 4 is 17.2 Å². The van der Waals surface area contributed by atoms with Gasteiger partial charge in [0.2, 0.25) is 0 Å². The second kappa shape index (κ2) is 9.04.